The van der Waals surface area contributed by atoms with Crippen molar-refractivity contribution in [2.24, 2.45) is 5.73 Å². The van der Waals surface area contributed by atoms with Crippen LogP contribution in [0.2, 0.25) is 0 Å². The van der Waals surface area contributed by atoms with Crippen LogP contribution < -0.4 is 25.3 Å². The minimum absolute atomic E-state index is 0.146. The van der Waals surface area contributed by atoms with Gasteiger partial charge in [-0.2, -0.15) is 0 Å². The number of pyridine rings is 1. The molecule has 1 saturated heterocycles. The average Bonchev–Trinajstić information content (AvgIpc) is 2.93. The van der Waals surface area contributed by atoms with E-state index in [9.17, 15) is 4.79 Å². The van der Waals surface area contributed by atoms with Crippen molar-refractivity contribution in [1.82, 2.24) is 14.8 Å². The van der Waals surface area contributed by atoms with Crippen LogP contribution in [0.25, 0.3) is 11.3 Å². The van der Waals surface area contributed by atoms with Gasteiger partial charge < -0.3 is 30.2 Å². The van der Waals surface area contributed by atoms with E-state index in [1.807, 2.05) is 47.4 Å². The lowest BCUT2D eigenvalue weighted by Crippen LogP contribution is -2.47. The Kier molecular flexibility index (Phi) is 7.43. The molecule has 0 saturated carbocycles. The van der Waals surface area contributed by atoms with E-state index in [4.69, 9.17) is 24.9 Å². The van der Waals surface area contributed by atoms with Gasteiger partial charge in [0, 0.05) is 57.4 Å². The summed E-state index contributed by atoms with van der Waals surface area (Å²) in [4.78, 5) is 20.6. The number of hydrogen-bond donors (Lipinski definition) is 2. The fourth-order valence-corrected chi connectivity index (χ4v) is 4.68. The van der Waals surface area contributed by atoms with Crippen molar-refractivity contribution in [3.8, 4) is 28.6 Å². The molecule has 1 atom stereocenters. The monoisotopic (exact) mass is 503 g/mol. The largest absolute Gasteiger partial charge is 0.486 e. The molecule has 9 nitrogen and oxygen atoms in total. The molecule has 1 fully saturated rings. The first-order valence-electron chi connectivity index (χ1n) is 12.6. The Balaban J connectivity index is 1.31. The molecule has 37 heavy (non-hydrogen) atoms. The Bertz CT molecular complexity index is 1260. The number of nitrogens with one attached hydrogen (secondary N) is 1. The molecule has 5 rings (SSSR count). The maximum atomic E-state index is 11.6. The molecule has 3 aromatic rings. The zero-order valence-corrected chi connectivity index (χ0v) is 21.3. The van der Waals surface area contributed by atoms with Crippen molar-refractivity contribution >= 4 is 17.3 Å². The molecule has 2 aliphatic heterocycles. The number of para-hydroxylation sites is 1. The number of anilines is 2. The number of nitrogens with two attached hydrogens (primary N) is 1. The smallest absolute Gasteiger partial charge is 0.238 e. The molecule has 2 aromatic carbocycles. The van der Waals surface area contributed by atoms with Gasteiger partial charge in [-0.3, -0.25) is 9.69 Å². The van der Waals surface area contributed by atoms with E-state index in [0.29, 0.717) is 30.5 Å². The second kappa shape index (κ2) is 11.1. The minimum Gasteiger partial charge on any atom is -0.486 e. The third kappa shape index (κ3) is 5.63. The third-order valence-corrected chi connectivity index (χ3v) is 6.71. The van der Waals surface area contributed by atoms with Crippen molar-refractivity contribution in [1.29, 1.82) is 0 Å². The van der Waals surface area contributed by atoms with Gasteiger partial charge in [-0.1, -0.05) is 18.2 Å². The van der Waals surface area contributed by atoms with Crippen LogP contribution in [0.1, 0.15) is 12.5 Å². The Morgan fingerprint density at radius 3 is 2.70 bits per heavy atom. The lowest BCUT2D eigenvalue weighted by Gasteiger charge is -2.34. The van der Waals surface area contributed by atoms with Crippen molar-refractivity contribution in [2.75, 3.05) is 51.8 Å². The van der Waals surface area contributed by atoms with E-state index in [-0.39, 0.29) is 12.0 Å². The molecule has 0 spiro atoms. The molecule has 1 amide bonds. The van der Waals surface area contributed by atoms with Crippen LogP contribution in [-0.2, 0) is 11.3 Å². The molecule has 1 unspecified atom stereocenters. The number of ether oxygens (including phenoxy) is 3. The van der Waals surface area contributed by atoms with Crippen LogP contribution in [0, 0.1) is 0 Å². The van der Waals surface area contributed by atoms with Crippen LogP contribution in [-0.4, -0.2) is 73.2 Å². The number of methoxy groups -OCH3 is 1. The normalized spacial score (nSPS) is 17.4. The molecule has 2 aliphatic rings. The Morgan fingerprint density at radius 2 is 1.95 bits per heavy atom. The van der Waals surface area contributed by atoms with Crippen molar-refractivity contribution in [3.05, 3.63) is 60.2 Å². The van der Waals surface area contributed by atoms with Gasteiger partial charge in [0.05, 0.1) is 12.8 Å². The number of nitrogens with zero attached hydrogens (tertiary/aromatic N) is 3. The summed E-state index contributed by atoms with van der Waals surface area (Å²) in [6, 6.07) is 18.0. The highest BCUT2D eigenvalue weighted by Gasteiger charge is 2.24. The van der Waals surface area contributed by atoms with Crippen LogP contribution in [0.3, 0.4) is 0 Å². The second-order valence-electron chi connectivity index (χ2n) is 9.28. The first-order valence-corrected chi connectivity index (χ1v) is 12.6. The van der Waals surface area contributed by atoms with Crippen molar-refractivity contribution in [3.63, 3.8) is 0 Å². The molecule has 0 bridgehead atoms. The third-order valence-electron chi connectivity index (χ3n) is 6.71. The number of carbonyl (C=O) groups is 1. The van der Waals surface area contributed by atoms with Gasteiger partial charge in [0.2, 0.25) is 11.8 Å². The Hall–Kier alpha value is -3.82. The second-order valence-corrected chi connectivity index (χ2v) is 9.28. The topological polar surface area (TPSA) is 102 Å². The molecular weight excluding hydrogens is 470 g/mol. The number of amides is 1. The van der Waals surface area contributed by atoms with E-state index < -0.39 is 0 Å². The number of rotatable bonds is 7. The van der Waals surface area contributed by atoms with Gasteiger partial charge in [0.15, 0.2) is 11.5 Å². The zero-order chi connectivity index (χ0) is 25.8. The molecule has 194 valence electrons. The Labute approximate surface area is 217 Å². The van der Waals surface area contributed by atoms with E-state index >= 15 is 0 Å². The average molecular weight is 504 g/mol. The van der Waals surface area contributed by atoms with Crippen LogP contribution in [0.5, 0.6) is 17.4 Å². The van der Waals surface area contributed by atoms with Crippen molar-refractivity contribution < 1.29 is 19.0 Å². The number of carbonyl (C=O) groups excluding carboxylic acids is 1. The highest BCUT2D eigenvalue weighted by molar-refractivity contribution is 5.75. The minimum atomic E-state index is -0.193. The van der Waals surface area contributed by atoms with Gasteiger partial charge in [-0.25, -0.2) is 4.98 Å². The van der Waals surface area contributed by atoms with Gasteiger partial charge in [-0.05, 0) is 42.0 Å². The fraction of sp³-hybridized carbons (Fsp3) is 0.357. The molecule has 0 aliphatic carbocycles. The maximum absolute atomic E-state index is 11.6. The standard InChI is InChI=1S/C28H33N5O4/c1-19(34)33-13-11-32(12-14-33)17-20-5-3-6-21(15-20)30-25-10-9-24(31-28(25)35-2)23-7-4-8-26-27(23)37-22(16-29)18-36-26/h3-10,15,22,30H,11-14,16-18,29H2,1-2H3. The summed E-state index contributed by atoms with van der Waals surface area (Å²) in [5, 5.41) is 3.45. The van der Waals surface area contributed by atoms with Crippen LogP contribution in [0.4, 0.5) is 11.4 Å². The number of aromatic nitrogens is 1. The summed E-state index contributed by atoms with van der Waals surface area (Å²) in [6.07, 6.45) is -0.193. The van der Waals surface area contributed by atoms with Crippen molar-refractivity contribution in [2.45, 2.75) is 19.6 Å². The highest BCUT2D eigenvalue weighted by Crippen LogP contribution is 2.41. The van der Waals surface area contributed by atoms with Gasteiger partial charge >= 0.3 is 0 Å². The van der Waals surface area contributed by atoms with E-state index in [1.165, 1.54) is 5.56 Å². The van der Waals surface area contributed by atoms with Gasteiger partial charge in [0.25, 0.3) is 0 Å². The summed E-state index contributed by atoms with van der Waals surface area (Å²) < 4.78 is 17.6. The summed E-state index contributed by atoms with van der Waals surface area (Å²) in [6.45, 7) is 6.57. The summed E-state index contributed by atoms with van der Waals surface area (Å²) >= 11 is 0. The lowest BCUT2D eigenvalue weighted by atomic mass is 10.1. The van der Waals surface area contributed by atoms with E-state index in [1.54, 1.807) is 14.0 Å². The first kappa shape index (κ1) is 24.9. The highest BCUT2D eigenvalue weighted by atomic mass is 16.6. The van der Waals surface area contributed by atoms with Gasteiger partial charge in [0.1, 0.15) is 18.4 Å². The number of fused-ring (bicyclic) bond motifs is 1. The molecule has 3 heterocycles. The quantitative estimate of drug-likeness (QED) is 0.507. The Morgan fingerprint density at radius 1 is 1.14 bits per heavy atom. The predicted molar refractivity (Wildman–Crippen MR) is 142 cm³/mol. The number of piperazine rings is 1. The van der Waals surface area contributed by atoms with E-state index in [0.717, 1.165) is 55.4 Å². The number of hydrogen-bond acceptors (Lipinski definition) is 8. The molecule has 9 heteroatoms. The molecule has 3 N–H and O–H groups in total. The first-order chi connectivity index (χ1) is 18.0. The summed E-state index contributed by atoms with van der Waals surface area (Å²) in [5.74, 6) is 1.96. The lowest BCUT2D eigenvalue weighted by molar-refractivity contribution is -0.130. The molecule has 0 radical (unpaired) electrons. The SMILES string of the molecule is COc1nc(-c2cccc3c2OC(CN)CO3)ccc1Nc1cccc(CN2CCN(C(C)=O)CC2)c1. The molecule has 1 aromatic heterocycles. The predicted octanol–water partition coefficient (Wildman–Crippen LogP) is 3.26. The maximum Gasteiger partial charge on any atom is 0.238 e. The van der Waals surface area contributed by atoms with E-state index in [2.05, 4.69) is 22.3 Å². The van der Waals surface area contributed by atoms with Crippen LogP contribution in [0.15, 0.2) is 54.6 Å². The summed E-state index contributed by atoms with van der Waals surface area (Å²) in [7, 11) is 1.61. The van der Waals surface area contributed by atoms with Gasteiger partial charge in [-0.15, -0.1) is 0 Å². The number of benzene rings is 2. The fourth-order valence-electron chi connectivity index (χ4n) is 4.68. The zero-order valence-electron chi connectivity index (χ0n) is 21.3. The molecular formula is C28H33N5O4. The summed E-state index contributed by atoms with van der Waals surface area (Å²) in [5.41, 5.74) is 10.3. The van der Waals surface area contributed by atoms with Crippen LogP contribution >= 0.6 is 0 Å².